The van der Waals surface area contributed by atoms with E-state index in [1.54, 1.807) is 6.07 Å². The lowest BCUT2D eigenvalue weighted by molar-refractivity contribution is -0.157. The minimum Gasteiger partial charge on any atom is -0.456 e. The van der Waals surface area contributed by atoms with Crippen molar-refractivity contribution in [2.75, 3.05) is 6.61 Å². The normalized spacial score (nSPS) is 22.8. The minimum atomic E-state index is -1.01. The van der Waals surface area contributed by atoms with E-state index < -0.39 is 18.6 Å². The number of benzene rings is 1. The number of aryl methyl sites for hydroxylation is 3. The van der Waals surface area contributed by atoms with Crippen molar-refractivity contribution < 1.29 is 23.9 Å². The Labute approximate surface area is 165 Å². The Balaban J connectivity index is 1.65. The van der Waals surface area contributed by atoms with E-state index in [0.29, 0.717) is 18.4 Å². The highest BCUT2D eigenvalue weighted by Gasteiger charge is 2.51. The summed E-state index contributed by atoms with van der Waals surface area (Å²) in [6, 6.07) is 2.71. The van der Waals surface area contributed by atoms with Gasteiger partial charge in [0.25, 0.3) is 0 Å². The molecule has 1 heterocycles. The molecule has 1 aliphatic heterocycles. The standard InChI is InChI=1S/C22H27NO5/c1-12-9-14(3)18(10-13(12)2)19(24)11-28-22(27)15(4)23-20(25)16-7-5-6-8-17(16)21(23)26/h9-10,15-17H,5-8,11H2,1-4H3/t15-,16-,17+/m0/s1. The Morgan fingerprint density at radius 2 is 1.54 bits per heavy atom. The van der Waals surface area contributed by atoms with Crippen LogP contribution in [-0.4, -0.2) is 41.1 Å². The van der Waals surface area contributed by atoms with E-state index in [2.05, 4.69) is 0 Å². The van der Waals surface area contributed by atoms with Crippen LogP contribution in [0.2, 0.25) is 0 Å². The smallest absolute Gasteiger partial charge is 0.329 e. The molecule has 0 radical (unpaired) electrons. The number of ether oxygens (including phenoxy) is 1. The van der Waals surface area contributed by atoms with Gasteiger partial charge in [0.2, 0.25) is 17.6 Å². The van der Waals surface area contributed by atoms with Crippen molar-refractivity contribution in [2.45, 2.75) is 59.4 Å². The lowest BCUT2D eigenvalue weighted by Gasteiger charge is -2.21. The summed E-state index contributed by atoms with van der Waals surface area (Å²) in [5.74, 6) is -2.21. The van der Waals surface area contributed by atoms with Gasteiger partial charge in [-0.3, -0.25) is 19.3 Å². The lowest BCUT2D eigenvalue weighted by Crippen LogP contribution is -2.44. The van der Waals surface area contributed by atoms with Gasteiger partial charge >= 0.3 is 5.97 Å². The molecule has 1 aromatic carbocycles. The van der Waals surface area contributed by atoms with E-state index in [4.69, 9.17) is 4.74 Å². The SMILES string of the molecule is Cc1cc(C)c(C(=O)COC(=O)[C@H](C)N2C(=O)[C@H]3CCCC[C@H]3C2=O)cc1C. The first kappa shape index (κ1) is 20.2. The average Bonchev–Trinajstić information content (AvgIpc) is 2.92. The van der Waals surface area contributed by atoms with Crippen molar-refractivity contribution >= 4 is 23.6 Å². The van der Waals surface area contributed by atoms with Gasteiger partial charge in [0.1, 0.15) is 6.04 Å². The fourth-order valence-electron chi connectivity index (χ4n) is 4.27. The molecule has 2 fully saturated rings. The van der Waals surface area contributed by atoms with Gasteiger partial charge in [-0.15, -0.1) is 0 Å². The van der Waals surface area contributed by atoms with Gasteiger partial charge in [-0.25, -0.2) is 4.79 Å². The van der Waals surface area contributed by atoms with E-state index in [-0.39, 0.29) is 29.4 Å². The summed E-state index contributed by atoms with van der Waals surface area (Å²) in [7, 11) is 0. The Kier molecular flexibility index (Phi) is 5.68. The number of Topliss-reactive ketones (excluding diaryl/α,β-unsaturated/α-hetero) is 1. The monoisotopic (exact) mass is 385 g/mol. The summed E-state index contributed by atoms with van der Waals surface area (Å²) in [5, 5.41) is 0. The van der Waals surface area contributed by atoms with Crippen LogP contribution in [0.25, 0.3) is 0 Å². The zero-order chi connectivity index (χ0) is 20.6. The van der Waals surface area contributed by atoms with Crippen LogP contribution in [0.3, 0.4) is 0 Å². The van der Waals surface area contributed by atoms with Crippen LogP contribution in [-0.2, 0) is 19.1 Å². The molecule has 1 saturated heterocycles. The summed E-state index contributed by atoms with van der Waals surface area (Å²) in [5.41, 5.74) is 3.42. The first-order valence-corrected chi connectivity index (χ1v) is 9.87. The van der Waals surface area contributed by atoms with Gasteiger partial charge < -0.3 is 4.74 Å². The lowest BCUT2D eigenvalue weighted by atomic mass is 9.81. The molecular weight excluding hydrogens is 358 g/mol. The van der Waals surface area contributed by atoms with E-state index in [9.17, 15) is 19.2 Å². The zero-order valence-electron chi connectivity index (χ0n) is 16.9. The highest BCUT2D eigenvalue weighted by Crippen LogP contribution is 2.38. The van der Waals surface area contributed by atoms with Crippen molar-refractivity contribution in [1.29, 1.82) is 0 Å². The molecule has 1 aromatic rings. The third-order valence-corrected chi connectivity index (χ3v) is 6.09. The number of fused-ring (bicyclic) bond motifs is 1. The van der Waals surface area contributed by atoms with Crippen LogP contribution in [0.5, 0.6) is 0 Å². The van der Waals surface area contributed by atoms with Crippen molar-refractivity contribution in [3.8, 4) is 0 Å². The van der Waals surface area contributed by atoms with Crippen LogP contribution in [0.1, 0.15) is 59.7 Å². The largest absolute Gasteiger partial charge is 0.456 e. The average molecular weight is 385 g/mol. The fraction of sp³-hybridized carbons (Fsp3) is 0.545. The fourth-order valence-corrected chi connectivity index (χ4v) is 4.27. The number of hydrogen-bond donors (Lipinski definition) is 0. The highest BCUT2D eigenvalue weighted by molar-refractivity contribution is 6.08. The summed E-state index contributed by atoms with van der Waals surface area (Å²) in [6.45, 7) is 6.81. The molecule has 1 saturated carbocycles. The van der Waals surface area contributed by atoms with E-state index >= 15 is 0 Å². The predicted octanol–water partition coefficient (Wildman–Crippen LogP) is 2.90. The van der Waals surface area contributed by atoms with Gasteiger partial charge in [0.15, 0.2) is 6.61 Å². The molecule has 0 spiro atoms. The second kappa shape index (κ2) is 7.86. The van der Waals surface area contributed by atoms with Crippen LogP contribution in [0.4, 0.5) is 0 Å². The molecule has 0 N–H and O–H groups in total. The molecular formula is C22H27NO5. The number of carbonyl (C=O) groups excluding carboxylic acids is 4. The summed E-state index contributed by atoms with van der Waals surface area (Å²) in [6.07, 6.45) is 3.24. The maximum atomic E-state index is 12.6. The molecule has 0 unspecified atom stereocenters. The maximum Gasteiger partial charge on any atom is 0.329 e. The number of esters is 1. The van der Waals surface area contributed by atoms with Crippen LogP contribution >= 0.6 is 0 Å². The van der Waals surface area contributed by atoms with Gasteiger partial charge in [0, 0.05) is 5.56 Å². The Hall–Kier alpha value is -2.50. The summed E-state index contributed by atoms with van der Waals surface area (Å²) in [4.78, 5) is 51.2. The number of nitrogens with zero attached hydrogens (tertiary/aromatic N) is 1. The first-order chi connectivity index (χ1) is 13.2. The third kappa shape index (κ3) is 3.60. The summed E-state index contributed by atoms with van der Waals surface area (Å²) < 4.78 is 5.17. The van der Waals surface area contributed by atoms with E-state index in [0.717, 1.165) is 34.4 Å². The molecule has 0 aromatic heterocycles. The Bertz CT molecular complexity index is 820. The number of amides is 2. The number of ketones is 1. The van der Waals surface area contributed by atoms with Crippen molar-refractivity contribution in [1.82, 2.24) is 4.90 Å². The Morgan fingerprint density at radius 1 is 1.00 bits per heavy atom. The van der Waals surface area contributed by atoms with Crippen molar-refractivity contribution in [3.63, 3.8) is 0 Å². The van der Waals surface area contributed by atoms with Crippen LogP contribution in [0, 0.1) is 32.6 Å². The van der Waals surface area contributed by atoms with Gasteiger partial charge in [-0.05, 0) is 63.3 Å². The quantitative estimate of drug-likeness (QED) is 0.442. The number of hydrogen-bond acceptors (Lipinski definition) is 5. The second-order valence-corrected chi connectivity index (χ2v) is 8.00. The molecule has 3 atom stereocenters. The van der Waals surface area contributed by atoms with Gasteiger partial charge in [-0.2, -0.15) is 0 Å². The minimum absolute atomic E-state index is 0.282. The van der Waals surface area contributed by atoms with Gasteiger partial charge in [0.05, 0.1) is 11.8 Å². The molecule has 2 aliphatic rings. The van der Waals surface area contributed by atoms with E-state index in [1.165, 1.54) is 6.92 Å². The molecule has 150 valence electrons. The molecule has 3 rings (SSSR count). The maximum absolute atomic E-state index is 12.6. The molecule has 1 aliphatic carbocycles. The van der Waals surface area contributed by atoms with Crippen LogP contribution < -0.4 is 0 Å². The highest BCUT2D eigenvalue weighted by atomic mass is 16.5. The number of carbonyl (C=O) groups is 4. The zero-order valence-corrected chi connectivity index (χ0v) is 16.9. The predicted molar refractivity (Wildman–Crippen MR) is 103 cm³/mol. The first-order valence-electron chi connectivity index (χ1n) is 9.87. The molecule has 28 heavy (non-hydrogen) atoms. The van der Waals surface area contributed by atoms with E-state index in [1.807, 2.05) is 26.8 Å². The van der Waals surface area contributed by atoms with Crippen molar-refractivity contribution in [3.05, 3.63) is 34.4 Å². The molecule has 2 amide bonds. The topological polar surface area (TPSA) is 80.8 Å². The molecule has 0 bridgehead atoms. The van der Waals surface area contributed by atoms with Crippen LogP contribution in [0.15, 0.2) is 12.1 Å². The number of likely N-dealkylation sites (tertiary alicyclic amines) is 1. The second-order valence-electron chi connectivity index (χ2n) is 8.00. The number of rotatable bonds is 5. The third-order valence-electron chi connectivity index (χ3n) is 6.09. The van der Waals surface area contributed by atoms with Crippen molar-refractivity contribution in [2.24, 2.45) is 11.8 Å². The van der Waals surface area contributed by atoms with Gasteiger partial charge in [-0.1, -0.05) is 18.9 Å². The molecule has 6 heteroatoms. The molecule has 6 nitrogen and oxygen atoms in total. The summed E-state index contributed by atoms with van der Waals surface area (Å²) >= 11 is 0. The number of imide groups is 1. The Morgan fingerprint density at radius 3 is 2.11 bits per heavy atom.